The summed E-state index contributed by atoms with van der Waals surface area (Å²) in [5, 5.41) is 3.34. The molecule has 13 heavy (non-hydrogen) atoms. The maximum atomic E-state index is 11.9. The molecule has 3 heteroatoms. The van der Waals surface area contributed by atoms with Crippen LogP contribution in [0.15, 0.2) is 0 Å². The van der Waals surface area contributed by atoms with Gasteiger partial charge in [-0.3, -0.25) is 10.1 Å². The van der Waals surface area contributed by atoms with Gasteiger partial charge in [-0.2, -0.15) is 0 Å². The lowest BCUT2D eigenvalue weighted by Crippen LogP contribution is -2.43. The van der Waals surface area contributed by atoms with Crippen LogP contribution in [0.2, 0.25) is 0 Å². The topological polar surface area (TPSA) is 32.3 Å². The van der Waals surface area contributed by atoms with Gasteiger partial charge < -0.3 is 4.90 Å². The van der Waals surface area contributed by atoms with Gasteiger partial charge in [-0.25, -0.2) is 0 Å². The molecule has 0 spiro atoms. The Balaban J connectivity index is 2.75. The Hall–Kier alpha value is -0.570. The van der Waals surface area contributed by atoms with Gasteiger partial charge in [0, 0.05) is 6.54 Å². The zero-order valence-electron chi connectivity index (χ0n) is 9.05. The van der Waals surface area contributed by atoms with E-state index in [2.05, 4.69) is 19.2 Å². The maximum absolute atomic E-state index is 11.9. The van der Waals surface area contributed by atoms with Gasteiger partial charge in [-0.1, -0.05) is 13.8 Å². The Labute approximate surface area is 80.5 Å². The normalized spacial score (nSPS) is 34.3. The SMILES string of the molecule is CCCN1C(=O)C(C)(CC)NC1C. The summed E-state index contributed by atoms with van der Waals surface area (Å²) < 4.78 is 0. The molecule has 0 aliphatic carbocycles. The molecule has 76 valence electrons. The number of carbonyl (C=O) groups is 1. The Bertz CT molecular complexity index is 205. The van der Waals surface area contributed by atoms with E-state index in [0.29, 0.717) is 0 Å². The Morgan fingerprint density at radius 3 is 2.54 bits per heavy atom. The summed E-state index contributed by atoms with van der Waals surface area (Å²) in [5.41, 5.74) is -0.325. The van der Waals surface area contributed by atoms with E-state index in [1.165, 1.54) is 0 Å². The minimum atomic E-state index is -0.325. The van der Waals surface area contributed by atoms with Gasteiger partial charge in [-0.15, -0.1) is 0 Å². The highest BCUT2D eigenvalue weighted by Gasteiger charge is 2.44. The van der Waals surface area contributed by atoms with E-state index < -0.39 is 0 Å². The molecule has 1 rings (SSSR count). The lowest BCUT2D eigenvalue weighted by molar-refractivity contribution is -0.132. The molecule has 0 aromatic rings. The van der Waals surface area contributed by atoms with Crippen molar-refractivity contribution in [2.24, 2.45) is 0 Å². The van der Waals surface area contributed by atoms with E-state index in [0.717, 1.165) is 19.4 Å². The zero-order valence-corrected chi connectivity index (χ0v) is 9.05. The van der Waals surface area contributed by atoms with Crippen molar-refractivity contribution in [2.45, 2.75) is 52.2 Å². The fourth-order valence-electron chi connectivity index (χ4n) is 1.88. The molecule has 1 aliphatic heterocycles. The second-order valence-corrected chi connectivity index (χ2v) is 4.00. The maximum Gasteiger partial charge on any atom is 0.243 e. The Kier molecular flexibility index (Phi) is 2.96. The highest BCUT2D eigenvalue weighted by molar-refractivity contribution is 5.88. The molecule has 2 atom stereocenters. The molecular weight excluding hydrogens is 164 g/mol. The quantitative estimate of drug-likeness (QED) is 0.718. The highest BCUT2D eigenvalue weighted by Crippen LogP contribution is 2.23. The third-order valence-electron chi connectivity index (χ3n) is 2.90. The monoisotopic (exact) mass is 184 g/mol. The summed E-state index contributed by atoms with van der Waals surface area (Å²) in [6.45, 7) is 9.05. The summed E-state index contributed by atoms with van der Waals surface area (Å²) in [6.07, 6.45) is 2.07. The first kappa shape index (κ1) is 10.5. The molecule has 1 amide bonds. The Morgan fingerprint density at radius 2 is 2.15 bits per heavy atom. The van der Waals surface area contributed by atoms with Crippen molar-refractivity contribution in [3.8, 4) is 0 Å². The minimum absolute atomic E-state index is 0.192. The molecule has 1 aliphatic rings. The third-order valence-corrected chi connectivity index (χ3v) is 2.90. The van der Waals surface area contributed by atoms with Crippen LogP contribution in [0.25, 0.3) is 0 Å². The Morgan fingerprint density at radius 1 is 1.54 bits per heavy atom. The lowest BCUT2D eigenvalue weighted by Gasteiger charge is -2.20. The first-order chi connectivity index (χ1) is 6.05. The van der Waals surface area contributed by atoms with E-state index in [1.54, 1.807) is 0 Å². The molecule has 0 bridgehead atoms. The second kappa shape index (κ2) is 3.66. The van der Waals surface area contributed by atoms with Crippen molar-refractivity contribution in [3.63, 3.8) is 0 Å². The van der Waals surface area contributed by atoms with Crippen molar-refractivity contribution in [1.29, 1.82) is 0 Å². The lowest BCUT2D eigenvalue weighted by atomic mass is 9.99. The number of rotatable bonds is 3. The number of carbonyl (C=O) groups excluding carboxylic acids is 1. The molecule has 1 N–H and O–H groups in total. The van der Waals surface area contributed by atoms with E-state index in [9.17, 15) is 4.79 Å². The summed E-state index contributed by atoms with van der Waals surface area (Å²) in [4.78, 5) is 13.9. The van der Waals surface area contributed by atoms with Crippen LogP contribution in [0, 0.1) is 0 Å². The third kappa shape index (κ3) is 1.70. The first-order valence-corrected chi connectivity index (χ1v) is 5.14. The van der Waals surface area contributed by atoms with Gasteiger partial charge in [0.25, 0.3) is 0 Å². The molecule has 0 aromatic heterocycles. The highest BCUT2D eigenvalue weighted by atomic mass is 16.2. The summed E-state index contributed by atoms with van der Waals surface area (Å²) in [5.74, 6) is 0.254. The van der Waals surface area contributed by atoms with Crippen LogP contribution in [0.1, 0.15) is 40.5 Å². The average Bonchev–Trinajstić information content (AvgIpc) is 2.31. The number of hydrogen-bond donors (Lipinski definition) is 1. The summed E-state index contributed by atoms with van der Waals surface area (Å²) in [7, 11) is 0. The predicted molar refractivity (Wildman–Crippen MR) is 53.3 cm³/mol. The van der Waals surface area contributed by atoms with Crippen LogP contribution in [0.4, 0.5) is 0 Å². The fraction of sp³-hybridized carbons (Fsp3) is 0.900. The van der Waals surface area contributed by atoms with Crippen LogP contribution < -0.4 is 5.32 Å². The molecule has 1 heterocycles. The van der Waals surface area contributed by atoms with Gasteiger partial charge in [0.05, 0.1) is 11.7 Å². The van der Waals surface area contributed by atoms with Crippen molar-refractivity contribution in [1.82, 2.24) is 10.2 Å². The second-order valence-electron chi connectivity index (χ2n) is 4.00. The fourth-order valence-corrected chi connectivity index (χ4v) is 1.88. The molecule has 3 nitrogen and oxygen atoms in total. The van der Waals surface area contributed by atoms with Gasteiger partial charge >= 0.3 is 0 Å². The largest absolute Gasteiger partial charge is 0.326 e. The van der Waals surface area contributed by atoms with Crippen LogP contribution >= 0.6 is 0 Å². The minimum Gasteiger partial charge on any atom is -0.326 e. The van der Waals surface area contributed by atoms with Crippen LogP contribution in [-0.4, -0.2) is 29.1 Å². The zero-order chi connectivity index (χ0) is 10.1. The van der Waals surface area contributed by atoms with Crippen LogP contribution in [0.3, 0.4) is 0 Å². The number of hydrogen-bond acceptors (Lipinski definition) is 2. The summed E-state index contributed by atoms with van der Waals surface area (Å²) in [6, 6.07) is 0. The van der Waals surface area contributed by atoms with Gasteiger partial charge in [-0.05, 0) is 26.7 Å². The van der Waals surface area contributed by atoms with E-state index in [-0.39, 0.29) is 17.6 Å². The average molecular weight is 184 g/mol. The molecule has 0 radical (unpaired) electrons. The van der Waals surface area contributed by atoms with Gasteiger partial charge in [0.1, 0.15) is 0 Å². The number of nitrogens with one attached hydrogen (secondary N) is 1. The van der Waals surface area contributed by atoms with E-state index >= 15 is 0 Å². The van der Waals surface area contributed by atoms with Crippen LogP contribution in [-0.2, 0) is 4.79 Å². The van der Waals surface area contributed by atoms with Gasteiger partial charge in [0.2, 0.25) is 5.91 Å². The molecule has 0 saturated carbocycles. The van der Waals surface area contributed by atoms with Crippen molar-refractivity contribution in [3.05, 3.63) is 0 Å². The van der Waals surface area contributed by atoms with E-state index in [4.69, 9.17) is 0 Å². The van der Waals surface area contributed by atoms with Crippen molar-refractivity contribution in [2.75, 3.05) is 6.54 Å². The van der Waals surface area contributed by atoms with E-state index in [1.807, 2.05) is 18.7 Å². The molecule has 0 aromatic carbocycles. The standard InChI is InChI=1S/C10H20N2O/c1-5-7-12-8(3)11-10(4,6-2)9(12)13/h8,11H,5-7H2,1-4H3. The molecule has 2 unspecified atom stereocenters. The molecule has 1 saturated heterocycles. The van der Waals surface area contributed by atoms with Gasteiger partial charge in [0.15, 0.2) is 0 Å². The van der Waals surface area contributed by atoms with Crippen LogP contribution in [0.5, 0.6) is 0 Å². The summed E-state index contributed by atoms with van der Waals surface area (Å²) >= 11 is 0. The molecular formula is C10H20N2O. The number of nitrogens with zero attached hydrogens (tertiary/aromatic N) is 1. The smallest absolute Gasteiger partial charge is 0.243 e. The first-order valence-electron chi connectivity index (χ1n) is 5.14. The predicted octanol–water partition coefficient (Wildman–Crippen LogP) is 1.34. The van der Waals surface area contributed by atoms with Crippen molar-refractivity contribution < 1.29 is 4.79 Å². The molecule has 1 fully saturated rings. The van der Waals surface area contributed by atoms with Crippen molar-refractivity contribution >= 4 is 5.91 Å². The number of amides is 1.